The molecule has 0 bridgehead atoms. The highest BCUT2D eigenvalue weighted by atomic mass is 16.6. The van der Waals surface area contributed by atoms with Gasteiger partial charge < -0.3 is 10.2 Å². The van der Waals surface area contributed by atoms with Gasteiger partial charge in [-0.25, -0.2) is 0 Å². The van der Waals surface area contributed by atoms with Crippen LogP contribution in [0.25, 0.3) is 0 Å². The first-order chi connectivity index (χ1) is 12.9. The fourth-order valence-electron chi connectivity index (χ4n) is 7.39. The molecule has 1 heterocycles. The number of Topliss-reactive ketones (excluding diaryl/α,β-unsaturated/α-hetero) is 1. The van der Waals surface area contributed by atoms with Gasteiger partial charge in [0.25, 0.3) is 0 Å². The Morgan fingerprint density at radius 3 is 2.67 bits per heavy atom. The average Bonchev–Trinajstić information content (AvgIpc) is 2.90. The van der Waals surface area contributed by atoms with E-state index in [1.807, 2.05) is 0 Å². The Labute approximate surface area is 163 Å². The van der Waals surface area contributed by atoms with Gasteiger partial charge in [0.05, 0.1) is 5.71 Å². The summed E-state index contributed by atoms with van der Waals surface area (Å²) in [6, 6.07) is 0. The number of nitrogens with zero attached hydrogens (tertiary/aromatic N) is 1. The van der Waals surface area contributed by atoms with Crippen molar-refractivity contribution in [3.8, 4) is 0 Å². The van der Waals surface area contributed by atoms with Crippen LogP contribution in [-0.2, 0) is 9.63 Å². The van der Waals surface area contributed by atoms with Crippen molar-refractivity contribution in [1.82, 2.24) is 5.32 Å². The van der Waals surface area contributed by atoms with Gasteiger partial charge in [0.1, 0.15) is 5.78 Å². The van der Waals surface area contributed by atoms with Crippen LogP contribution in [0.15, 0.2) is 17.3 Å². The van der Waals surface area contributed by atoms with Crippen LogP contribution in [0.3, 0.4) is 0 Å². The van der Waals surface area contributed by atoms with Gasteiger partial charge in [-0.3, -0.25) is 4.79 Å². The minimum atomic E-state index is -0.0451. The first-order valence-corrected chi connectivity index (χ1v) is 11.0. The molecule has 0 amide bonds. The number of oxime groups is 1. The normalized spacial score (nSPS) is 48.6. The number of rotatable bonds is 2. The van der Waals surface area contributed by atoms with E-state index in [1.54, 1.807) is 0 Å². The summed E-state index contributed by atoms with van der Waals surface area (Å²) in [7, 11) is 0. The minimum absolute atomic E-state index is 0.0451. The molecule has 5 fully saturated rings. The maximum Gasteiger partial charge on any atom is 0.152 e. The first kappa shape index (κ1) is 17.9. The van der Waals surface area contributed by atoms with E-state index in [-0.39, 0.29) is 11.5 Å². The Morgan fingerprint density at radius 2 is 1.93 bits per heavy atom. The number of hydrogen-bond donors (Lipinski definition) is 1. The molecule has 4 saturated carbocycles. The highest BCUT2D eigenvalue weighted by Crippen LogP contribution is 2.66. The van der Waals surface area contributed by atoms with Gasteiger partial charge in [0, 0.05) is 24.9 Å². The number of ketones is 1. The van der Waals surface area contributed by atoms with Gasteiger partial charge in [0.2, 0.25) is 0 Å². The van der Waals surface area contributed by atoms with Gasteiger partial charge in [-0.15, -0.1) is 0 Å². The third-order valence-electron chi connectivity index (χ3n) is 9.25. The topological polar surface area (TPSA) is 50.7 Å². The van der Waals surface area contributed by atoms with Crippen molar-refractivity contribution in [1.29, 1.82) is 0 Å². The van der Waals surface area contributed by atoms with Crippen LogP contribution in [0.5, 0.6) is 0 Å². The molecule has 1 saturated heterocycles. The van der Waals surface area contributed by atoms with E-state index in [1.165, 1.54) is 24.1 Å². The van der Waals surface area contributed by atoms with Crippen molar-refractivity contribution in [2.24, 2.45) is 39.7 Å². The van der Waals surface area contributed by atoms with Gasteiger partial charge in [-0.2, -0.15) is 0 Å². The van der Waals surface area contributed by atoms with Crippen LogP contribution in [0.4, 0.5) is 0 Å². The predicted molar refractivity (Wildman–Crippen MR) is 106 cm³/mol. The third-order valence-corrected chi connectivity index (χ3v) is 9.25. The van der Waals surface area contributed by atoms with Gasteiger partial charge >= 0.3 is 0 Å². The highest BCUT2D eigenvalue weighted by Gasteiger charge is 2.60. The molecular formula is C23H34N2O2. The number of carbonyl (C=O) groups is 1. The molecule has 5 rings (SSSR count). The van der Waals surface area contributed by atoms with Crippen LogP contribution in [0.2, 0.25) is 0 Å². The molecule has 4 aliphatic carbocycles. The highest BCUT2D eigenvalue weighted by molar-refractivity contribution is 5.87. The fraction of sp³-hybridized carbons (Fsp3) is 0.826. The molecule has 1 aliphatic heterocycles. The SMILES string of the molecule is C=C1C[C@@H]2[C@H](CC[C@]3(C)C(=O)CC[C@@H]23)[C@@]2(C)CC/C(=N/OC3CNC3)CC12. The summed E-state index contributed by atoms with van der Waals surface area (Å²) in [5, 5.41) is 7.76. The monoisotopic (exact) mass is 370 g/mol. The quantitative estimate of drug-likeness (QED) is 0.588. The Bertz CT molecular complexity index is 696. The van der Waals surface area contributed by atoms with E-state index in [9.17, 15) is 4.79 Å². The summed E-state index contributed by atoms with van der Waals surface area (Å²) >= 11 is 0. The number of nitrogens with one attached hydrogen (secondary N) is 1. The Hall–Kier alpha value is -1.16. The molecule has 1 unspecified atom stereocenters. The van der Waals surface area contributed by atoms with Crippen LogP contribution in [0, 0.1) is 34.5 Å². The molecule has 6 atom stereocenters. The predicted octanol–water partition coefficient (Wildman–Crippen LogP) is 4.11. The second-order valence-electron chi connectivity index (χ2n) is 10.5. The van der Waals surface area contributed by atoms with E-state index in [0.29, 0.717) is 29.0 Å². The zero-order valence-corrected chi connectivity index (χ0v) is 16.9. The Balaban J connectivity index is 1.37. The van der Waals surface area contributed by atoms with Crippen molar-refractivity contribution < 1.29 is 9.63 Å². The number of allylic oxidation sites excluding steroid dienone is 1. The van der Waals surface area contributed by atoms with E-state index in [0.717, 1.165) is 57.5 Å². The maximum absolute atomic E-state index is 12.6. The van der Waals surface area contributed by atoms with Gasteiger partial charge in [0.15, 0.2) is 6.10 Å². The maximum atomic E-state index is 12.6. The lowest BCUT2D eigenvalue weighted by molar-refractivity contribution is -0.134. The second kappa shape index (κ2) is 6.17. The summed E-state index contributed by atoms with van der Waals surface area (Å²) < 4.78 is 0. The zero-order chi connectivity index (χ0) is 18.8. The smallest absolute Gasteiger partial charge is 0.152 e. The molecule has 0 aromatic rings. The molecule has 27 heavy (non-hydrogen) atoms. The molecule has 0 aromatic carbocycles. The Morgan fingerprint density at radius 1 is 1.11 bits per heavy atom. The van der Waals surface area contributed by atoms with E-state index >= 15 is 0 Å². The summed E-state index contributed by atoms with van der Waals surface area (Å²) in [5.74, 6) is 3.07. The third kappa shape index (κ3) is 2.58. The standard InChI is InChI=1S/C23H34N2O2/c1-14-10-17-18-4-5-21(26)23(18,3)9-7-19(17)22(2)8-6-15(11-20(14)22)25-27-16-12-24-13-16/h16-20,24H,1,4-13H2,2-3H3/b25-15-/t17-,18-,19-,20?,22+,23-/m0/s1. The molecule has 4 heteroatoms. The number of fused-ring (bicyclic) bond motifs is 5. The molecule has 1 N–H and O–H groups in total. The van der Waals surface area contributed by atoms with Gasteiger partial charge in [-0.05, 0) is 74.0 Å². The number of hydrogen-bond acceptors (Lipinski definition) is 4. The van der Waals surface area contributed by atoms with E-state index in [2.05, 4.69) is 30.9 Å². The lowest BCUT2D eigenvalue weighted by Crippen LogP contribution is -2.54. The van der Waals surface area contributed by atoms with Crippen molar-refractivity contribution >= 4 is 11.5 Å². The van der Waals surface area contributed by atoms with E-state index < -0.39 is 0 Å². The summed E-state index contributed by atoms with van der Waals surface area (Å²) in [6.07, 6.45) is 8.91. The van der Waals surface area contributed by atoms with Gasteiger partial charge in [-0.1, -0.05) is 31.2 Å². The molecule has 5 aliphatic rings. The van der Waals surface area contributed by atoms with Crippen LogP contribution >= 0.6 is 0 Å². The van der Waals surface area contributed by atoms with Crippen molar-refractivity contribution in [3.05, 3.63) is 12.2 Å². The largest absolute Gasteiger partial charge is 0.390 e. The Kier molecular flexibility index (Phi) is 4.09. The lowest BCUT2D eigenvalue weighted by atomic mass is 9.44. The fourth-order valence-corrected chi connectivity index (χ4v) is 7.39. The molecule has 4 nitrogen and oxygen atoms in total. The van der Waals surface area contributed by atoms with Crippen molar-refractivity contribution in [2.45, 2.75) is 71.3 Å². The average molecular weight is 371 g/mol. The van der Waals surface area contributed by atoms with Crippen LogP contribution < -0.4 is 5.32 Å². The summed E-state index contributed by atoms with van der Waals surface area (Å²) in [6.45, 7) is 11.2. The molecule has 0 spiro atoms. The lowest BCUT2D eigenvalue weighted by Gasteiger charge is -2.60. The molecular weight excluding hydrogens is 336 g/mol. The van der Waals surface area contributed by atoms with Crippen LogP contribution in [0.1, 0.15) is 65.2 Å². The van der Waals surface area contributed by atoms with E-state index in [4.69, 9.17) is 4.84 Å². The number of carbonyl (C=O) groups excluding carboxylic acids is 1. The summed E-state index contributed by atoms with van der Waals surface area (Å²) in [4.78, 5) is 18.3. The van der Waals surface area contributed by atoms with Crippen molar-refractivity contribution in [3.63, 3.8) is 0 Å². The second-order valence-corrected chi connectivity index (χ2v) is 10.5. The minimum Gasteiger partial charge on any atom is -0.390 e. The zero-order valence-electron chi connectivity index (χ0n) is 16.9. The first-order valence-electron chi connectivity index (χ1n) is 11.0. The van der Waals surface area contributed by atoms with Crippen molar-refractivity contribution in [2.75, 3.05) is 13.1 Å². The molecule has 148 valence electrons. The molecule has 0 aromatic heterocycles. The van der Waals surface area contributed by atoms with Crippen LogP contribution in [-0.4, -0.2) is 30.7 Å². The summed E-state index contributed by atoms with van der Waals surface area (Å²) in [5.41, 5.74) is 2.93. The molecule has 0 radical (unpaired) electrons.